The Kier molecular flexibility index (Phi) is 5.69. The molecule has 1 amide bonds. The predicted molar refractivity (Wildman–Crippen MR) is 109 cm³/mol. The van der Waals surface area contributed by atoms with Crippen molar-refractivity contribution in [3.8, 4) is 0 Å². The van der Waals surface area contributed by atoms with Gasteiger partial charge in [-0.2, -0.15) is 0 Å². The lowest BCUT2D eigenvalue weighted by Crippen LogP contribution is -2.37. The molecule has 1 fully saturated rings. The third kappa shape index (κ3) is 4.53. The van der Waals surface area contributed by atoms with Crippen molar-refractivity contribution in [1.29, 1.82) is 0 Å². The molecule has 0 unspecified atom stereocenters. The summed E-state index contributed by atoms with van der Waals surface area (Å²) >= 11 is 0. The highest BCUT2D eigenvalue weighted by molar-refractivity contribution is 5.70. The first kappa shape index (κ1) is 19.3. The molecule has 2 aliphatic rings. The fourth-order valence-corrected chi connectivity index (χ4v) is 4.20. The minimum absolute atomic E-state index is 0.0714. The van der Waals surface area contributed by atoms with Crippen LogP contribution in [0.4, 0.5) is 4.79 Å². The lowest BCUT2D eigenvalue weighted by molar-refractivity contribution is -0.145. The average Bonchev–Trinajstić information content (AvgIpc) is 3.31. The van der Waals surface area contributed by atoms with E-state index in [-0.39, 0.29) is 30.8 Å². The average molecular weight is 394 g/mol. The van der Waals surface area contributed by atoms with Gasteiger partial charge in [-0.25, -0.2) is 4.79 Å². The first-order valence-corrected chi connectivity index (χ1v) is 10.1. The number of likely N-dealkylation sites (tertiary alicyclic amines) is 1. The number of esters is 1. The third-order valence-corrected chi connectivity index (χ3v) is 5.54. The first-order chi connectivity index (χ1) is 14.1. The quantitative estimate of drug-likeness (QED) is 0.782. The Bertz CT molecular complexity index is 903. The van der Waals surface area contributed by atoms with E-state index in [0.717, 1.165) is 18.4 Å². The van der Waals surface area contributed by atoms with Gasteiger partial charge in [0.05, 0.1) is 6.54 Å². The van der Waals surface area contributed by atoms with Crippen LogP contribution < -0.4 is 0 Å². The Morgan fingerprint density at radius 2 is 2.07 bits per heavy atom. The van der Waals surface area contributed by atoms with Gasteiger partial charge < -0.3 is 19.4 Å². The molecule has 29 heavy (non-hydrogen) atoms. The van der Waals surface area contributed by atoms with Crippen LogP contribution in [0.3, 0.4) is 0 Å². The zero-order valence-corrected chi connectivity index (χ0v) is 16.6. The van der Waals surface area contributed by atoms with E-state index < -0.39 is 0 Å². The van der Waals surface area contributed by atoms with Crippen molar-refractivity contribution in [1.82, 2.24) is 9.88 Å². The number of fused-ring (bicyclic) bond motifs is 1. The van der Waals surface area contributed by atoms with Gasteiger partial charge in [-0.15, -0.1) is 0 Å². The van der Waals surface area contributed by atoms with Crippen LogP contribution in [-0.2, 0) is 33.7 Å². The maximum atomic E-state index is 12.8. The van der Waals surface area contributed by atoms with Crippen molar-refractivity contribution < 1.29 is 19.1 Å². The highest BCUT2D eigenvalue weighted by atomic mass is 16.6. The molecule has 2 atom stereocenters. The van der Waals surface area contributed by atoms with E-state index in [1.807, 2.05) is 36.5 Å². The van der Waals surface area contributed by atoms with E-state index in [1.165, 1.54) is 23.7 Å². The van der Waals surface area contributed by atoms with Gasteiger partial charge in [0.1, 0.15) is 12.7 Å². The molecule has 0 saturated carbocycles. The summed E-state index contributed by atoms with van der Waals surface area (Å²) in [7, 11) is 0. The number of H-pyrrole nitrogens is 1. The molecule has 2 aromatic rings. The summed E-state index contributed by atoms with van der Waals surface area (Å²) < 4.78 is 11.0. The van der Waals surface area contributed by atoms with E-state index in [4.69, 9.17) is 9.47 Å². The van der Waals surface area contributed by atoms with Gasteiger partial charge in [0.25, 0.3) is 0 Å². The fraction of sp³-hybridized carbons (Fsp3) is 0.391. The molecule has 6 heteroatoms. The van der Waals surface area contributed by atoms with Crippen molar-refractivity contribution in [3.05, 3.63) is 65.0 Å². The van der Waals surface area contributed by atoms with Crippen molar-refractivity contribution >= 4 is 18.1 Å². The normalized spacial score (nSPS) is 20.4. The van der Waals surface area contributed by atoms with Crippen LogP contribution in [0.15, 0.2) is 42.6 Å². The van der Waals surface area contributed by atoms with Crippen LogP contribution >= 0.6 is 0 Å². The fourth-order valence-electron chi connectivity index (χ4n) is 4.20. The van der Waals surface area contributed by atoms with Crippen molar-refractivity contribution in [3.63, 3.8) is 0 Å². The van der Waals surface area contributed by atoms with Gasteiger partial charge in [-0.3, -0.25) is 4.79 Å². The van der Waals surface area contributed by atoms with Crippen molar-refractivity contribution in [2.45, 2.75) is 51.4 Å². The SMILES string of the molecule is CC(=O)O[C@H]1C[C@@H](Cc2c[nH]c3c2C=CCC3)N(C(=O)OCc2ccccc2)C1. The molecule has 1 aromatic carbocycles. The minimum atomic E-state index is -0.367. The first-order valence-electron chi connectivity index (χ1n) is 10.1. The number of aromatic amines is 1. The molecule has 6 nitrogen and oxygen atoms in total. The van der Waals surface area contributed by atoms with Gasteiger partial charge in [0.2, 0.25) is 0 Å². The second-order valence-corrected chi connectivity index (χ2v) is 7.66. The van der Waals surface area contributed by atoms with E-state index in [1.54, 1.807) is 4.90 Å². The number of nitrogens with one attached hydrogen (secondary N) is 1. The number of hydrogen-bond donors (Lipinski definition) is 1. The second kappa shape index (κ2) is 8.55. The number of aromatic nitrogens is 1. The number of rotatable bonds is 5. The van der Waals surface area contributed by atoms with Crippen LogP contribution in [0.2, 0.25) is 0 Å². The molecule has 1 aromatic heterocycles. The number of aryl methyl sites for hydroxylation is 1. The molecule has 1 aliphatic carbocycles. The lowest BCUT2D eigenvalue weighted by atomic mass is 9.97. The zero-order chi connectivity index (χ0) is 20.2. The summed E-state index contributed by atoms with van der Waals surface area (Å²) in [6.45, 7) is 1.99. The molecule has 0 spiro atoms. The molecular weight excluding hydrogens is 368 g/mol. The van der Waals surface area contributed by atoms with Crippen LogP contribution in [0.1, 0.15) is 42.1 Å². The maximum absolute atomic E-state index is 12.8. The number of carbonyl (C=O) groups is 2. The second-order valence-electron chi connectivity index (χ2n) is 7.66. The van der Waals surface area contributed by atoms with E-state index in [9.17, 15) is 9.59 Å². The molecule has 4 rings (SSSR count). The molecular formula is C23H26N2O4. The third-order valence-electron chi connectivity index (χ3n) is 5.54. The summed E-state index contributed by atoms with van der Waals surface area (Å²) in [6, 6.07) is 9.54. The number of benzene rings is 1. The standard InChI is InChI=1S/C23H26N2O4/c1-16(26)29-20-12-19(11-18-13-24-22-10-6-5-9-21(18)22)25(14-20)23(27)28-15-17-7-3-2-4-8-17/h2-5,7-9,13,19-20,24H,6,10-12,14-15H2,1H3/t19-,20+/m1/s1. The van der Waals surface area contributed by atoms with Gasteiger partial charge in [0.15, 0.2) is 0 Å². The van der Waals surface area contributed by atoms with Gasteiger partial charge in [-0.1, -0.05) is 42.5 Å². The highest BCUT2D eigenvalue weighted by Gasteiger charge is 2.38. The summed E-state index contributed by atoms with van der Waals surface area (Å²) in [5.41, 5.74) is 4.60. The van der Waals surface area contributed by atoms with Crippen LogP contribution in [0.5, 0.6) is 0 Å². The molecule has 1 saturated heterocycles. The Hall–Kier alpha value is -3.02. The molecule has 1 N–H and O–H groups in total. The number of hydrogen-bond acceptors (Lipinski definition) is 4. The van der Waals surface area contributed by atoms with Crippen LogP contribution in [-0.4, -0.2) is 40.6 Å². The summed E-state index contributed by atoms with van der Waals surface area (Å²) in [6.07, 6.45) is 9.08. The van der Waals surface area contributed by atoms with E-state index in [0.29, 0.717) is 19.4 Å². The Labute approximate surface area is 170 Å². The van der Waals surface area contributed by atoms with Gasteiger partial charge in [0, 0.05) is 31.3 Å². The highest BCUT2D eigenvalue weighted by Crippen LogP contribution is 2.29. The van der Waals surface area contributed by atoms with Gasteiger partial charge >= 0.3 is 12.1 Å². The molecule has 1 aliphatic heterocycles. The number of nitrogens with zero attached hydrogens (tertiary/aromatic N) is 1. The molecule has 0 radical (unpaired) electrons. The van der Waals surface area contributed by atoms with Gasteiger partial charge in [-0.05, 0) is 36.0 Å². The molecule has 0 bridgehead atoms. The largest absolute Gasteiger partial charge is 0.461 e. The summed E-state index contributed by atoms with van der Waals surface area (Å²) in [5, 5.41) is 0. The van der Waals surface area contributed by atoms with E-state index >= 15 is 0 Å². The molecule has 152 valence electrons. The Balaban J connectivity index is 1.47. The Morgan fingerprint density at radius 1 is 1.24 bits per heavy atom. The number of allylic oxidation sites excluding steroid dienone is 1. The summed E-state index contributed by atoms with van der Waals surface area (Å²) in [5.74, 6) is -0.324. The van der Waals surface area contributed by atoms with Crippen LogP contribution in [0, 0.1) is 0 Å². The maximum Gasteiger partial charge on any atom is 0.410 e. The molecule has 2 heterocycles. The number of amides is 1. The van der Waals surface area contributed by atoms with Crippen molar-refractivity contribution in [2.75, 3.05) is 6.54 Å². The monoisotopic (exact) mass is 394 g/mol. The van der Waals surface area contributed by atoms with E-state index in [2.05, 4.69) is 17.1 Å². The smallest absolute Gasteiger partial charge is 0.410 e. The topological polar surface area (TPSA) is 71.6 Å². The minimum Gasteiger partial charge on any atom is -0.461 e. The van der Waals surface area contributed by atoms with Crippen LogP contribution in [0.25, 0.3) is 6.08 Å². The number of carbonyl (C=O) groups excluding carboxylic acids is 2. The van der Waals surface area contributed by atoms with Crippen molar-refractivity contribution in [2.24, 2.45) is 0 Å². The Morgan fingerprint density at radius 3 is 2.86 bits per heavy atom. The summed E-state index contributed by atoms with van der Waals surface area (Å²) in [4.78, 5) is 29.3. The predicted octanol–water partition coefficient (Wildman–Crippen LogP) is 3.86. The zero-order valence-electron chi connectivity index (χ0n) is 16.6. The lowest BCUT2D eigenvalue weighted by Gasteiger charge is -2.24. The number of ether oxygens (including phenoxy) is 2.